The van der Waals surface area contributed by atoms with Gasteiger partial charge in [0.05, 0.1) is 11.0 Å². The molecule has 0 N–H and O–H groups in total. The topological polar surface area (TPSA) is 44.4 Å². The first-order valence-corrected chi connectivity index (χ1v) is 21.2. The predicted octanol–water partition coefficient (Wildman–Crippen LogP) is 16.6. The Kier molecular flexibility index (Phi) is 6.13. The standard InChI is InChI=1S/C58H31NO3/c1-2-12-36(13-3-1)59-45-18-5-4-14-37(45)43-29-34(22-25-46(43)59)32-10-6-11-33(28-32)35-23-26-47-44(30-35)53-40(17-9-19-48(53)60-47)42-31-52-58-55-39(16-8-21-50(55)62-52)38-15-7-20-49-54(38)57-51(61-49)27-24-41(42)56(57)58/h1-31H. The maximum atomic E-state index is 6.77. The van der Waals surface area contributed by atoms with E-state index in [9.17, 15) is 0 Å². The minimum absolute atomic E-state index is 0.855. The molecule has 0 spiro atoms. The van der Waals surface area contributed by atoms with Gasteiger partial charge in [0.25, 0.3) is 0 Å². The van der Waals surface area contributed by atoms with Gasteiger partial charge in [-0.05, 0) is 135 Å². The Labute approximate surface area is 353 Å². The summed E-state index contributed by atoms with van der Waals surface area (Å²) in [5.74, 6) is 0. The van der Waals surface area contributed by atoms with Gasteiger partial charge in [-0.2, -0.15) is 0 Å². The number of rotatable bonds is 4. The zero-order valence-corrected chi connectivity index (χ0v) is 33.1. The average molecular weight is 790 g/mol. The number of hydrogen-bond acceptors (Lipinski definition) is 3. The third-order valence-electron chi connectivity index (χ3n) is 13.5. The molecule has 1 aliphatic carbocycles. The van der Waals surface area contributed by atoms with Crippen LogP contribution >= 0.6 is 0 Å². The number of aromatic nitrogens is 1. The summed E-state index contributed by atoms with van der Waals surface area (Å²) < 4.78 is 22.3. The van der Waals surface area contributed by atoms with E-state index in [1.165, 1.54) is 49.4 Å². The highest BCUT2D eigenvalue weighted by atomic mass is 16.3. The fourth-order valence-corrected chi connectivity index (χ4v) is 10.9. The van der Waals surface area contributed by atoms with Crippen molar-refractivity contribution in [3.05, 3.63) is 188 Å². The molecule has 0 unspecified atom stereocenters. The molecule has 0 saturated carbocycles. The van der Waals surface area contributed by atoms with Crippen LogP contribution in [0.3, 0.4) is 0 Å². The van der Waals surface area contributed by atoms with Gasteiger partial charge in [-0.1, -0.05) is 103 Å². The smallest absolute Gasteiger partial charge is 0.136 e. The van der Waals surface area contributed by atoms with Crippen LogP contribution in [-0.2, 0) is 0 Å². The first kappa shape index (κ1) is 32.5. The highest BCUT2D eigenvalue weighted by molar-refractivity contribution is 6.38. The lowest BCUT2D eigenvalue weighted by Gasteiger charge is -2.11. The van der Waals surface area contributed by atoms with E-state index < -0.39 is 0 Å². The van der Waals surface area contributed by atoms with Crippen LogP contribution in [0.15, 0.2) is 201 Å². The maximum Gasteiger partial charge on any atom is 0.136 e. The lowest BCUT2D eigenvalue weighted by atomic mass is 9.90. The van der Waals surface area contributed by atoms with Gasteiger partial charge in [-0.3, -0.25) is 0 Å². The first-order valence-electron chi connectivity index (χ1n) is 21.2. The van der Waals surface area contributed by atoms with Crippen LogP contribution in [0.4, 0.5) is 0 Å². The van der Waals surface area contributed by atoms with Crippen molar-refractivity contribution in [2.45, 2.75) is 0 Å². The third kappa shape index (κ3) is 4.20. The number of fused-ring (bicyclic) bond motifs is 7. The number of furan rings is 3. The molecule has 15 rings (SSSR count). The Morgan fingerprint density at radius 2 is 0.806 bits per heavy atom. The summed E-state index contributed by atoms with van der Waals surface area (Å²) in [5, 5.41) is 11.6. The molecule has 62 heavy (non-hydrogen) atoms. The quantitative estimate of drug-likeness (QED) is 0.178. The number of para-hydroxylation sites is 2. The molecular formula is C58H31NO3. The van der Waals surface area contributed by atoms with Gasteiger partial charge in [0.2, 0.25) is 0 Å². The summed E-state index contributed by atoms with van der Waals surface area (Å²) in [6.07, 6.45) is 0. The van der Waals surface area contributed by atoms with Crippen molar-refractivity contribution in [2.75, 3.05) is 0 Å². The Morgan fingerprint density at radius 1 is 0.258 bits per heavy atom. The number of nitrogens with zero attached hydrogens (tertiary/aromatic N) is 1. The van der Waals surface area contributed by atoms with Crippen LogP contribution in [0.25, 0.3) is 149 Å². The Bertz CT molecular complexity index is 4240. The highest BCUT2D eigenvalue weighted by Crippen LogP contribution is 2.53. The minimum atomic E-state index is 0.855. The van der Waals surface area contributed by atoms with Crippen molar-refractivity contribution in [1.82, 2.24) is 4.57 Å². The van der Waals surface area contributed by atoms with Crippen LogP contribution in [0.5, 0.6) is 0 Å². The second-order valence-corrected chi connectivity index (χ2v) is 16.7. The predicted molar refractivity (Wildman–Crippen MR) is 255 cm³/mol. The van der Waals surface area contributed by atoms with Crippen LogP contribution in [0.1, 0.15) is 0 Å². The van der Waals surface area contributed by atoms with Gasteiger partial charge in [-0.25, -0.2) is 0 Å². The third-order valence-corrected chi connectivity index (χ3v) is 13.5. The van der Waals surface area contributed by atoms with Crippen molar-refractivity contribution in [2.24, 2.45) is 0 Å². The van der Waals surface area contributed by atoms with Crippen LogP contribution in [-0.4, -0.2) is 4.57 Å². The normalized spacial score (nSPS) is 12.5. The Hall–Kier alpha value is -8.34. The molecule has 0 bridgehead atoms. The molecule has 10 aromatic carbocycles. The van der Waals surface area contributed by atoms with E-state index in [1.54, 1.807) is 0 Å². The summed E-state index contributed by atoms with van der Waals surface area (Å²) >= 11 is 0. The zero-order chi connectivity index (χ0) is 40.2. The van der Waals surface area contributed by atoms with E-state index in [4.69, 9.17) is 13.3 Å². The molecule has 4 aromatic heterocycles. The summed E-state index contributed by atoms with van der Waals surface area (Å²) in [6.45, 7) is 0. The largest absolute Gasteiger partial charge is 0.456 e. The minimum Gasteiger partial charge on any atom is -0.456 e. The monoisotopic (exact) mass is 789 g/mol. The van der Waals surface area contributed by atoms with E-state index in [1.807, 2.05) is 0 Å². The van der Waals surface area contributed by atoms with Crippen molar-refractivity contribution in [3.8, 4) is 50.2 Å². The summed E-state index contributed by atoms with van der Waals surface area (Å²) in [6, 6.07) is 67.5. The lowest BCUT2D eigenvalue weighted by molar-refractivity contribution is 0.668. The summed E-state index contributed by atoms with van der Waals surface area (Å²) in [4.78, 5) is 0. The van der Waals surface area contributed by atoms with E-state index in [-0.39, 0.29) is 0 Å². The summed E-state index contributed by atoms with van der Waals surface area (Å²) in [5.41, 5.74) is 18.0. The van der Waals surface area contributed by atoms with E-state index in [0.29, 0.717) is 0 Å². The molecular weight excluding hydrogens is 759 g/mol. The van der Waals surface area contributed by atoms with Crippen molar-refractivity contribution in [3.63, 3.8) is 0 Å². The van der Waals surface area contributed by atoms with Crippen LogP contribution in [0, 0.1) is 0 Å². The second-order valence-electron chi connectivity index (χ2n) is 16.7. The van der Waals surface area contributed by atoms with Gasteiger partial charge in [-0.15, -0.1) is 0 Å². The van der Waals surface area contributed by atoms with E-state index >= 15 is 0 Å². The van der Waals surface area contributed by atoms with Crippen molar-refractivity contribution < 1.29 is 13.3 Å². The molecule has 0 fully saturated rings. The van der Waals surface area contributed by atoms with Gasteiger partial charge < -0.3 is 17.8 Å². The molecule has 0 saturated heterocycles. The average Bonchev–Trinajstić information content (AvgIpc) is 4.08. The molecule has 14 aromatic rings. The molecule has 286 valence electrons. The number of benzene rings is 10. The van der Waals surface area contributed by atoms with Crippen molar-refractivity contribution in [1.29, 1.82) is 0 Å². The van der Waals surface area contributed by atoms with E-state index in [0.717, 1.165) is 99.1 Å². The Morgan fingerprint density at radius 3 is 1.58 bits per heavy atom. The molecule has 4 nitrogen and oxygen atoms in total. The van der Waals surface area contributed by atoms with Crippen LogP contribution < -0.4 is 0 Å². The highest BCUT2D eigenvalue weighted by Gasteiger charge is 2.27. The maximum absolute atomic E-state index is 6.77. The van der Waals surface area contributed by atoms with Gasteiger partial charge in [0.1, 0.15) is 33.5 Å². The van der Waals surface area contributed by atoms with Gasteiger partial charge >= 0.3 is 0 Å². The number of hydrogen-bond donors (Lipinski definition) is 0. The van der Waals surface area contributed by atoms with Crippen molar-refractivity contribution >= 4 is 98.4 Å². The molecule has 0 atom stereocenters. The molecule has 0 amide bonds. The SMILES string of the molecule is c1ccc(-n2c3ccccc3c3cc(-c4cccc(-c5ccc6oc7cccc(-c8cc9oc%10cccc%11c%10c9c9c8ccc8oc%10cccc-%11c%10c89)c7c6c5)c4)ccc32)cc1. The molecule has 0 aliphatic heterocycles. The summed E-state index contributed by atoms with van der Waals surface area (Å²) in [7, 11) is 0. The molecule has 1 aliphatic rings. The van der Waals surface area contributed by atoms with Gasteiger partial charge in [0.15, 0.2) is 0 Å². The second kappa shape index (κ2) is 11.7. The molecule has 4 heterocycles. The Balaban J connectivity index is 0.922. The van der Waals surface area contributed by atoms with Crippen LogP contribution in [0.2, 0.25) is 0 Å². The molecule has 0 radical (unpaired) electrons. The van der Waals surface area contributed by atoms with E-state index in [2.05, 4.69) is 193 Å². The molecule has 4 heteroatoms. The van der Waals surface area contributed by atoms with Gasteiger partial charge in [0, 0.05) is 54.2 Å². The zero-order valence-electron chi connectivity index (χ0n) is 33.1. The first-order chi connectivity index (χ1) is 30.7. The fourth-order valence-electron chi connectivity index (χ4n) is 10.9. The lowest BCUT2D eigenvalue weighted by Crippen LogP contribution is -1.92. The fraction of sp³-hybridized carbons (Fsp3) is 0.